The van der Waals surface area contributed by atoms with Gasteiger partial charge in [-0.2, -0.15) is 4.98 Å². The zero-order valence-electron chi connectivity index (χ0n) is 15.8. The van der Waals surface area contributed by atoms with Gasteiger partial charge in [0.1, 0.15) is 0 Å². The third-order valence-corrected chi connectivity index (χ3v) is 5.84. The van der Waals surface area contributed by atoms with Crippen LogP contribution in [0.1, 0.15) is 25.8 Å². The Kier molecular flexibility index (Phi) is 4.18. The van der Waals surface area contributed by atoms with Gasteiger partial charge in [0.05, 0.1) is 6.61 Å². The molecule has 0 aliphatic carbocycles. The van der Waals surface area contributed by atoms with Crippen molar-refractivity contribution in [1.29, 1.82) is 0 Å². The van der Waals surface area contributed by atoms with Crippen LogP contribution in [0.4, 0.5) is 5.82 Å². The Hall–Kier alpha value is -2.36. The molecule has 28 heavy (non-hydrogen) atoms. The zero-order chi connectivity index (χ0) is 19.3. The van der Waals surface area contributed by atoms with E-state index in [-0.39, 0.29) is 5.54 Å². The van der Waals surface area contributed by atoms with Gasteiger partial charge in [-0.1, -0.05) is 18.2 Å². The van der Waals surface area contributed by atoms with Crippen molar-refractivity contribution in [2.45, 2.75) is 32.2 Å². The molecular weight excluding hydrogens is 467 g/mol. The van der Waals surface area contributed by atoms with Crippen molar-refractivity contribution in [1.82, 2.24) is 24.5 Å². The van der Waals surface area contributed by atoms with E-state index in [2.05, 4.69) is 85.7 Å². The standard InChI is InChI=1S/C20H21IN6O/c1-20(2)8-10-28-19-24-15-16(25-18(21)26-17(15)27(19)20)22-9-7-12-11-23-14-6-4-3-5-13(12)14/h3-6,11,23H,7-10H2,1-2H3,(H,22,25,26). The van der Waals surface area contributed by atoms with Crippen molar-refractivity contribution in [3.05, 3.63) is 39.9 Å². The lowest BCUT2D eigenvalue weighted by atomic mass is 10.0. The van der Waals surface area contributed by atoms with Crippen LogP contribution in [0.15, 0.2) is 30.5 Å². The van der Waals surface area contributed by atoms with Crippen LogP contribution in [0.25, 0.3) is 22.1 Å². The van der Waals surface area contributed by atoms with Crippen molar-refractivity contribution >= 4 is 50.5 Å². The smallest absolute Gasteiger partial charge is 0.299 e. The molecule has 4 aromatic rings. The molecule has 8 heteroatoms. The van der Waals surface area contributed by atoms with Crippen LogP contribution in [-0.2, 0) is 12.0 Å². The maximum absolute atomic E-state index is 5.80. The molecule has 4 heterocycles. The fourth-order valence-corrected chi connectivity index (χ4v) is 4.30. The number of nitrogens with one attached hydrogen (secondary N) is 2. The van der Waals surface area contributed by atoms with E-state index in [1.54, 1.807) is 0 Å². The summed E-state index contributed by atoms with van der Waals surface area (Å²) in [4.78, 5) is 17.3. The predicted octanol–water partition coefficient (Wildman–Crippen LogP) is 4.08. The number of para-hydroxylation sites is 1. The average Bonchev–Trinajstić information content (AvgIpc) is 3.24. The molecule has 0 fully saturated rings. The first-order valence-corrected chi connectivity index (χ1v) is 10.5. The van der Waals surface area contributed by atoms with Gasteiger partial charge < -0.3 is 15.0 Å². The van der Waals surface area contributed by atoms with E-state index in [9.17, 15) is 0 Å². The zero-order valence-corrected chi connectivity index (χ0v) is 17.9. The minimum Gasteiger partial charge on any atom is -0.465 e. The van der Waals surface area contributed by atoms with Gasteiger partial charge in [-0.25, -0.2) is 9.97 Å². The summed E-state index contributed by atoms with van der Waals surface area (Å²) in [7, 11) is 0. The molecule has 0 radical (unpaired) electrons. The summed E-state index contributed by atoms with van der Waals surface area (Å²) in [6.45, 7) is 5.82. The number of nitrogens with zero attached hydrogens (tertiary/aromatic N) is 4. The minimum absolute atomic E-state index is 0.0823. The minimum atomic E-state index is -0.0823. The van der Waals surface area contributed by atoms with Crippen LogP contribution in [0.2, 0.25) is 0 Å². The summed E-state index contributed by atoms with van der Waals surface area (Å²) >= 11 is 2.16. The van der Waals surface area contributed by atoms with Crippen molar-refractivity contribution in [2.24, 2.45) is 0 Å². The number of benzene rings is 1. The fraction of sp³-hybridized carbons (Fsp3) is 0.350. The van der Waals surface area contributed by atoms with Gasteiger partial charge in [0.15, 0.2) is 20.8 Å². The quantitative estimate of drug-likeness (QED) is 0.334. The summed E-state index contributed by atoms with van der Waals surface area (Å²) in [5.41, 5.74) is 3.97. The van der Waals surface area contributed by atoms with Crippen LogP contribution >= 0.6 is 22.6 Å². The molecule has 0 saturated heterocycles. The van der Waals surface area contributed by atoms with Crippen molar-refractivity contribution < 1.29 is 4.74 Å². The number of anilines is 1. The fourth-order valence-electron chi connectivity index (χ4n) is 3.84. The highest BCUT2D eigenvalue weighted by molar-refractivity contribution is 14.1. The summed E-state index contributed by atoms with van der Waals surface area (Å²) < 4.78 is 8.60. The first kappa shape index (κ1) is 17.7. The molecule has 0 spiro atoms. The third-order valence-electron chi connectivity index (χ3n) is 5.36. The van der Waals surface area contributed by atoms with Crippen LogP contribution < -0.4 is 10.1 Å². The molecule has 1 aliphatic heterocycles. The Morgan fingerprint density at radius 2 is 2.11 bits per heavy atom. The van der Waals surface area contributed by atoms with Crippen molar-refractivity contribution in [3.63, 3.8) is 0 Å². The molecule has 0 bridgehead atoms. The third kappa shape index (κ3) is 2.90. The van der Waals surface area contributed by atoms with Gasteiger partial charge in [0.25, 0.3) is 6.01 Å². The van der Waals surface area contributed by atoms with E-state index < -0.39 is 0 Å². The van der Waals surface area contributed by atoms with E-state index in [0.717, 1.165) is 41.9 Å². The molecule has 0 amide bonds. The Balaban J connectivity index is 1.45. The van der Waals surface area contributed by atoms with E-state index in [0.29, 0.717) is 16.4 Å². The molecule has 1 aliphatic rings. The molecule has 2 N–H and O–H groups in total. The Labute approximate surface area is 176 Å². The summed E-state index contributed by atoms with van der Waals surface area (Å²) in [5.74, 6) is 0.760. The van der Waals surface area contributed by atoms with E-state index in [4.69, 9.17) is 9.72 Å². The summed E-state index contributed by atoms with van der Waals surface area (Å²) in [6.07, 6.45) is 3.90. The predicted molar refractivity (Wildman–Crippen MR) is 118 cm³/mol. The first-order chi connectivity index (χ1) is 13.5. The Morgan fingerprint density at radius 3 is 3.00 bits per heavy atom. The van der Waals surface area contributed by atoms with Crippen LogP contribution in [-0.4, -0.2) is 37.7 Å². The number of fused-ring (bicyclic) bond motifs is 4. The maximum Gasteiger partial charge on any atom is 0.299 e. The van der Waals surface area contributed by atoms with E-state index in [1.807, 2.05) is 6.07 Å². The van der Waals surface area contributed by atoms with Gasteiger partial charge in [-0.3, -0.25) is 4.57 Å². The number of aromatic amines is 1. The highest BCUT2D eigenvalue weighted by Crippen LogP contribution is 2.36. The van der Waals surface area contributed by atoms with E-state index >= 15 is 0 Å². The van der Waals surface area contributed by atoms with E-state index in [1.165, 1.54) is 10.9 Å². The largest absolute Gasteiger partial charge is 0.465 e. The lowest BCUT2D eigenvalue weighted by molar-refractivity contribution is 0.151. The number of imidazole rings is 1. The number of H-pyrrole nitrogens is 1. The van der Waals surface area contributed by atoms with Crippen LogP contribution in [0.3, 0.4) is 0 Å². The average molecular weight is 488 g/mol. The van der Waals surface area contributed by atoms with Crippen LogP contribution in [0, 0.1) is 3.83 Å². The molecule has 5 rings (SSSR count). The summed E-state index contributed by atoms with van der Waals surface area (Å²) in [5, 5.41) is 4.73. The van der Waals surface area contributed by atoms with Gasteiger partial charge >= 0.3 is 0 Å². The number of ether oxygens (including phenoxy) is 1. The van der Waals surface area contributed by atoms with Gasteiger partial charge in [-0.15, -0.1) is 0 Å². The highest BCUT2D eigenvalue weighted by atomic mass is 127. The second-order valence-electron chi connectivity index (χ2n) is 7.69. The first-order valence-electron chi connectivity index (χ1n) is 9.41. The number of hydrogen-bond acceptors (Lipinski definition) is 5. The molecule has 0 unspecified atom stereocenters. The number of hydrogen-bond donors (Lipinski definition) is 2. The lowest BCUT2D eigenvalue weighted by Gasteiger charge is -2.32. The van der Waals surface area contributed by atoms with Gasteiger partial charge in [0.2, 0.25) is 0 Å². The number of aromatic nitrogens is 5. The molecule has 1 aromatic carbocycles. The second-order valence-corrected chi connectivity index (χ2v) is 8.66. The van der Waals surface area contributed by atoms with Crippen molar-refractivity contribution in [3.8, 4) is 6.01 Å². The SMILES string of the molecule is CC1(C)CCOc2nc3c(NCCc4c[nH]c5ccccc45)nc(I)nc3n21. The molecule has 144 valence electrons. The van der Waals surface area contributed by atoms with Crippen molar-refractivity contribution in [2.75, 3.05) is 18.5 Å². The topological polar surface area (TPSA) is 80.7 Å². The molecular formula is C20H21IN6O. The molecule has 3 aromatic heterocycles. The lowest BCUT2D eigenvalue weighted by Crippen LogP contribution is -2.33. The second kappa shape index (κ2) is 6.61. The maximum atomic E-state index is 5.80. The summed E-state index contributed by atoms with van der Waals surface area (Å²) in [6, 6.07) is 8.99. The molecule has 0 atom stereocenters. The van der Waals surface area contributed by atoms with Gasteiger partial charge in [-0.05, 0) is 31.9 Å². The number of halogens is 1. The molecule has 7 nitrogen and oxygen atoms in total. The number of rotatable bonds is 4. The monoisotopic (exact) mass is 488 g/mol. The Morgan fingerprint density at radius 1 is 1.25 bits per heavy atom. The normalized spacial score (nSPS) is 15.5. The Bertz CT molecular complexity index is 1180. The molecule has 0 saturated carbocycles. The highest BCUT2D eigenvalue weighted by Gasteiger charge is 2.33. The van der Waals surface area contributed by atoms with Crippen LogP contribution in [0.5, 0.6) is 6.01 Å². The van der Waals surface area contributed by atoms with Gasteiger partial charge in [0, 0.05) is 58.2 Å².